The maximum Gasteiger partial charge on any atom is 0.224 e. The SMILES string of the molecule is O=C(CCn1cncn1)N1CC[C@H]1c1ccc(F)cc1. The molecule has 0 aliphatic carbocycles. The monoisotopic (exact) mass is 274 g/mol. The zero-order valence-corrected chi connectivity index (χ0v) is 10.9. The molecule has 1 saturated heterocycles. The zero-order valence-electron chi connectivity index (χ0n) is 10.9. The first kappa shape index (κ1) is 12.8. The Bertz CT molecular complexity index is 582. The highest BCUT2D eigenvalue weighted by Gasteiger charge is 2.32. The first-order valence-electron chi connectivity index (χ1n) is 6.61. The largest absolute Gasteiger partial charge is 0.335 e. The van der Waals surface area contributed by atoms with E-state index in [2.05, 4.69) is 10.1 Å². The van der Waals surface area contributed by atoms with Crippen molar-refractivity contribution in [2.24, 2.45) is 0 Å². The van der Waals surface area contributed by atoms with Crippen LogP contribution in [0.25, 0.3) is 0 Å². The predicted molar refractivity (Wildman–Crippen MR) is 70.1 cm³/mol. The summed E-state index contributed by atoms with van der Waals surface area (Å²) >= 11 is 0. The molecule has 0 unspecified atom stereocenters. The van der Waals surface area contributed by atoms with Gasteiger partial charge in [0.1, 0.15) is 18.5 Å². The molecular weight excluding hydrogens is 259 g/mol. The number of hydrogen-bond donors (Lipinski definition) is 0. The molecule has 104 valence electrons. The maximum absolute atomic E-state index is 12.9. The van der Waals surface area contributed by atoms with Crippen molar-refractivity contribution >= 4 is 5.91 Å². The molecular formula is C14H15FN4O. The van der Waals surface area contributed by atoms with Gasteiger partial charge in [0.15, 0.2) is 0 Å². The minimum Gasteiger partial charge on any atom is -0.335 e. The highest BCUT2D eigenvalue weighted by molar-refractivity contribution is 5.77. The lowest BCUT2D eigenvalue weighted by Gasteiger charge is -2.41. The van der Waals surface area contributed by atoms with Gasteiger partial charge in [-0.1, -0.05) is 12.1 Å². The molecule has 1 aliphatic rings. The summed E-state index contributed by atoms with van der Waals surface area (Å²) in [6.45, 7) is 1.30. The Labute approximate surface area is 116 Å². The lowest BCUT2D eigenvalue weighted by atomic mass is 9.94. The van der Waals surface area contributed by atoms with Crippen molar-refractivity contribution in [3.05, 3.63) is 48.3 Å². The molecule has 1 fully saturated rings. The molecule has 20 heavy (non-hydrogen) atoms. The van der Waals surface area contributed by atoms with Crippen LogP contribution in [0, 0.1) is 5.82 Å². The van der Waals surface area contributed by atoms with Crippen LogP contribution in [-0.4, -0.2) is 32.1 Å². The number of rotatable bonds is 4. The van der Waals surface area contributed by atoms with E-state index in [0.717, 1.165) is 18.5 Å². The summed E-state index contributed by atoms with van der Waals surface area (Å²) < 4.78 is 14.6. The molecule has 1 atom stereocenters. The Hall–Kier alpha value is -2.24. The Morgan fingerprint density at radius 1 is 1.35 bits per heavy atom. The number of hydrogen-bond acceptors (Lipinski definition) is 3. The Kier molecular flexibility index (Phi) is 3.45. The van der Waals surface area contributed by atoms with Crippen LogP contribution >= 0.6 is 0 Å². The number of aryl methyl sites for hydroxylation is 1. The van der Waals surface area contributed by atoms with E-state index in [1.807, 2.05) is 4.90 Å². The molecule has 1 aromatic heterocycles. The van der Waals surface area contributed by atoms with Gasteiger partial charge in [-0.3, -0.25) is 9.48 Å². The minimum absolute atomic E-state index is 0.0823. The second-order valence-electron chi connectivity index (χ2n) is 4.85. The predicted octanol–water partition coefficient (Wildman–Crippen LogP) is 1.78. The van der Waals surface area contributed by atoms with E-state index in [4.69, 9.17) is 0 Å². The fourth-order valence-electron chi connectivity index (χ4n) is 2.42. The summed E-state index contributed by atoms with van der Waals surface area (Å²) in [6, 6.07) is 6.45. The topological polar surface area (TPSA) is 51.0 Å². The van der Waals surface area contributed by atoms with E-state index >= 15 is 0 Å². The number of benzene rings is 1. The molecule has 0 spiro atoms. The number of likely N-dealkylation sites (tertiary alicyclic amines) is 1. The van der Waals surface area contributed by atoms with Gasteiger partial charge >= 0.3 is 0 Å². The van der Waals surface area contributed by atoms with Gasteiger partial charge in [0.05, 0.1) is 12.6 Å². The van der Waals surface area contributed by atoms with Crippen LogP contribution in [0.15, 0.2) is 36.9 Å². The number of nitrogens with zero attached hydrogens (tertiary/aromatic N) is 4. The summed E-state index contributed by atoms with van der Waals surface area (Å²) in [5, 5.41) is 3.97. The third-order valence-corrected chi connectivity index (χ3v) is 3.62. The first-order chi connectivity index (χ1) is 9.74. The molecule has 5 nitrogen and oxygen atoms in total. The fourth-order valence-corrected chi connectivity index (χ4v) is 2.42. The van der Waals surface area contributed by atoms with Gasteiger partial charge < -0.3 is 4.90 Å². The molecule has 0 radical (unpaired) electrons. The molecule has 2 aromatic rings. The number of aromatic nitrogens is 3. The zero-order chi connectivity index (χ0) is 13.9. The molecule has 1 aliphatic heterocycles. The van der Waals surface area contributed by atoms with Gasteiger partial charge in [-0.25, -0.2) is 9.37 Å². The number of halogens is 1. The van der Waals surface area contributed by atoms with Gasteiger partial charge in [0.2, 0.25) is 5.91 Å². The van der Waals surface area contributed by atoms with Gasteiger partial charge in [0, 0.05) is 13.0 Å². The first-order valence-corrected chi connectivity index (χ1v) is 6.61. The molecule has 0 N–H and O–H groups in total. The van der Waals surface area contributed by atoms with E-state index in [0.29, 0.717) is 13.0 Å². The lowest BCUT2D eigenvalue weighted by Crippen LogP contribution is -2.45. The van der Waals surface area contributed by atoms with Gasteiger partial charge in [-0.15, -0.1) is 0 Å². The van der Waals surface area contributed by atoms with Crippen molar-refractivity contribution in [1.29, 1.82) is 0 Å². The van der Waals surface area contributed by atoms with Crippen LogP contribution in [0.3, 0.4) is 0 Å². The summed E-state index contributed by atoms with van der Waals surface area (Å²) in [5.74, 6) is -0.154. The van der Waals surface area contributed by atoms with Crippen molar-refractivity contribution in [3.8, 4) is 0 Å². The fraction of sp³-hybridized carbons (Fsp3) is 0.357. The van der Waals surface area contributed by atoms with Crippen molar-refractivity contribution in [2.75, 3.05) is 6.54 Å². The average molecular weight is 274 g/mol. The number of amides is 1. The van der Waals surface area contributed by atoms with E-state index in [-0.39, 0.29) is 17.8 Å². The molecule has 0 saturated carbocycles. The van der Waals surface area contributed by atoms with Gasteiger partial charge in [-0.2, -0.15) is 5.10 Å². The van der Waals surface area contributed by atoms with E-state index in [1.54, 1.807) is 23.1 Å². The third kappa shape index (κ3) is 2.54. The third-order valence-electron chi connectivity index (χ3n) is 3.62. The smallest absolute Gasteiger partial charge is 0.224 e. The maximum atomic E-state index is 12.9. The van der Waals surface area contributed by atoms with Crippen LogP contribution in [0.2, 0.25) is 0 Å². The van der Waals surface area contributed by atoms with E-state index < -0.39 is 0 Å². The molecule has 1 amide bonds. The van der Waals surface area contributed by atoms with Crippen LogP contribution in [-0.2, 0) is 11.3 Å². The summed E-state index contributed by atoms with van der Waals surface area (Å²) in [7, 11) is 0. The average Bonchev–Trinajstić information content (AvgIpc) is 2.91. The van der Waals surface area contributed by atoms with Crippen molar-refractivity contribution < 1.29 is 9.18 Å². The second-order valence-corrected chi connectivity index (χ2v) is 4.85. The molecule has 2 heterocycles. The molecule has 6 heteroatoms. The van der Waals surface area contributed by atoms with Crippen molar-refractivity contribution in [3.63, 3.8) is 0 Å². The number of carbonyl (C=O) groups excluding carboxylic acids is 1. The van der Waals surface area contributed by atoms with Crippen LogP contribution in [0.1, 0.15) is 24.4 Å². The second kappa shape index (κ2) is 5.40. The quantitative estimate of drug-likeness (QED) is 0.854. The highest BCUT2D eigenvalue weighted by Crippen LogP contribution is 2.33. The van der Waals surface area contributed by atoms with Gasteiger partial charge in [-0.05, 0) is 24.1 Å². The summed E-state index contributed by atoms with van der Waals surface area (Å²) in [6.07, 6.45) is 4.39. The van der Waals surface area contributed by atoms with Gasteiger partial charge in [0.25, 0.3) is 0 Å². The number of carbonyl (C=O) groups is 1. The summed E-state index contributed by atoms with van der Waals surface area (Å²) in [5.41, 5.74) is 0.992. The molecule has 1 aromatic carbocycles. The standard InChI is InChI=1S/C14H15FN4O/c15-12-3-1-11(2-4-12)13-5-8-19(13)14(20)6-7-18-10-16-9-17-18/h1-4,9-10,13H,5-8H2/t13-/m0/s1. The van der Waals surface area contributed by atoms with Crippen LogP contribution in [0.4, 0.5) is 4.39 Å². The van der Waals surface area contributed by atoms with Crippen molar-refractivity contribution in [1.82, 2.24) is 19.7 Å². The van der Waals surface area contributed by atoms with Crippen LogP contribution in [0.5, 0.6) is 0 Å². The molecule has 3 rings (SSSR count). The Morgan fingerprint density at radius 3 is 2.75 bits per heavy atom. The van der Waals surface area contributed by atoms with Crippen molar-refractivity contribution in [2.45, 2.75) is 25.4 Å². The highest BCUT2D eigenvalue weighted by atomic mass is 19.1. The molecule has 0 bridgehead atoms. The van der Waals surface area contributed by atoms with E-state index in [9.17, 15) is 9.18 Å². The Balaban J connectivity index is 1.59. The minimum atomic E-state index is -0.253. The lowest BCUT2D eigenvalue weighted by molar-refractivity contribution is -0.139. The summed E-state index contributed by atoms with van der Waals surface area (Å²) in [4.78, 5) is 17.8. The van der Waals surface area contributed by atoms with E-state index in [1.165, 1.54) is 18.5 Å². The van der Waals surface area contributed by atoms with Crippen LogP contribution < -0.4 is 0 Å². The Morgan fingerprint density at radius 2 is 2.15 bits per heavy atom. The normalized spacial score (nSPS) is 17.9.